The van der Waals surface area contributed by atoms with Crippen molar-refractivity contribution in [1.29, 1.82) is 0 Å². The first-order chi connectivity index (χ1) is 11.6. The Labute approximate surface area is 141 Å². The quantitative estimate of drug-likeness (QED) is 0.695. The Balaban J connectivity index is 1.89. The molecule has 0 aliphatic heterocycles. The van der Waals surface area contributed by atoms with Gasteiger partial charge < -0.3 is 21.1 Å². The zero-order valence-corrected chi connectivity index (χ0v) is 13.5. The number of carbonyl (C=O) groups excluding carboxylic acids is 2. The highest BCUT2D eigenvalue weighted by molar-refractivity contribution is 5.97. The molecule has 2 aromatic carbocycles. The van der Waals surface area contributed by atoms with E-state index in [4.69, 9.17) is 10.5 Å². The first kappa shape index (κ1) is 17.3. The van der Waals surface area contributed by atoms with Crippen LogP contribution in [0.2, 0.25) is 0 Å². The molecule has 6 nitrogen and oxygen atoms in total. The van der Waals surface area contributed by atoms with E-state index in [2.05, 4.69) is 10.6 Å². The summed E-state index contributed by atoms with van der Waals surface area (Å²) in [6, 6.07) is 13.9. The average molecular weight is 327 g/mol. The van der Waals surface area contributed by atoms with Crippen LogP contribution in [0.3, 0.4) is 0 Å². The molecule has 0 unspecified atom stereocenters. The summed E-state index contributed by atoms with van der Waals surface area (Å²) >= 11 is 0. The van der Waals surface area contributed by atoms with E-state index in [0.717, 1.165) is 17.9 Å². The molecule has 0 aliphatic carbocycles. The molecule has 24 heavy (non-hydrogen) atoms. The van der Waals surface area contributed by atoms with Gasteiger partial charge in [-0.2, -0.15) is 0 Å². The minimum absolute atomic E-state index is 0.0953. The lowest BCUT2D eigenvalue weighted by molar-refractivity contribution is -0.114. The molecule has 0 saturated carbocycles. The van der Waals surface area contributed by atoms with Crippen molar-refractivity contribution in [2.24, 2.45) is 5.73 Å². The Morgan fingerprint density at radius 2 is 1.83 bits per heavy atom. The zero-order valence-electron chi connectivity index (χ0n) is 13.5. The molecular formula is C18H21N3O3. The Morgan fingerprint density at radius 3 is 2.58 bits per heavy atom. The van der Waals surface area contributed by atoms with Gasteiger partial charge in [0.1, 0.15) is 5.75 Å². The molecule has 6 heteroatoms. The summed E-state index contributed by atoms with van der Waals surface area (Å²) in [5.74, 6) is 0.000959. The van der Waals surface area contributed by atoms with Crippen LogP contribution in [0.25, 0.3) is 0 Å². The van der Waals surface area contributed by atoms with Crippen LogP contribution < -0.4 is 21.1 Å². The summed E-state index contributed by atoms with van der Waals surface area (Å²) in [7, 11) is 0. The fourth-order valence-corrected chi connectivity index (χ4v) is 2.05. The van der Waals surface area contributed by atoms with E-state index >= 15 is 0 Å². The zero-order chi connectivity index (χ0) is 17.4. The predicted octanol–water partition coefficient (Wildman–Crippen LogP) is 2.62. The number of ether oxygens (including phenoxy) is 1. The molecule has 0 bridgehead atoms. The van der Waals surface area contributed by atoms with E-state index in [1.54, 1.807) is 24.3 Å². The van der Waals surface area contributed by atoms with Crippen LogP contribution in [-0.4, -0.2) is 25.0 Å². The summed E-state index contributed by atoms with van der Waals surface area (Å²) in [4.78, 5) is 23.1. The van der Waals surface area contributed by atoms with Gasteiger partial charge in [-0.15, -0.1) is 0 Å². The normalized spacial score (nSPS) is 10.0. The number of hydrogen-bond donors (Lipinski definition) is 3. The van der Waals surface area contributed by atoms with E-state index in [0.29, 0.717) is 17.9 Å². The third-order valence-electron chi connectivity index (χ3n) is 3.19. The van der Waals surface area contributed by atoms with Crippen LogP contribution in [0.15, 0.2) is 48.5 Å². The molecule has 0 fully saturated rings. The SMILES string of the molecule is CCCOc1cccc(NCC(=O)Nc2cccc(C(N)=O)c2)c1. The van der Waals surface area contributed by atoms with Gasteiger partial charge >= 0.3 is 0 Å². The monoisotopic (exact) mass is 327 g/mol. The molecule has 0 saturated heterocycles. The second kappa shape index (κ2) is 8.57. The minimum atomic E-state index is -0.534. The molecule has 4 N–H and O–H groups in total. The highest BCUT2D eigenvalue weighted by Gasteiger charge is 2.05. The van der Waals surface area contributed by atoms with Crippen LogP contribution in [0, 0.1) is 0 Å². The fraction of sp³-hybridized carbons (Fsp3) is 0.222. The molecule has 0 heterocycles. The largest absolute Gasteiger partial charge is 0.494 e. The number of rotatable bonds is 8. The van der Waals surface area contributed by atoms with Crippen LogP contribution in [0.5, 0.6) is 5.75 Å². The summed E-state index contributed by atoms with van der Waals surface area (Å²) < 4.78 is 5.55. The average Bonchev–Trinajstić information content (AvgIpc) is 2.59. The van der Waals surface area contributed by atoms with Gasteiger partial charge in [0, 0.05) is 23.0 Å². The van der Waals surface area contributed by atoms with Crippen LogP contribution in [0.1, 0.15) is 23.7 Å². The number of carbonyl (C=O) groups is 2. The van der Waals surface area contributed by atoms with Gasteiger partial charge in [0.05, 0.1) is 13.2 Å². The van der Waals surface area contributed by atoms with Gasteiger partial charge in [0.25, 0.3) is 0 Å². The maximum Gasteiger partial charge on any atom is 0.248 e. The Kier molecular flexibility index (Phi) is 6.19. The number of hydrogen-bond acceptors (Lipinski definition) is 4. The minimum Gasteiger partial charge on any atom is -0.494 e. The highest BCUT2D eigenvalue weighted by atomic mass is 16.5. The molecular weight excluding hydrogens is 306 g/mol. The first-order valence-electron chi connectivity index (χ1n) is 7.75. The van der Waals surface area contributed by atoms with Crippen molar-refractivity contribution >= 4 is 23.2 Å². The summed E-state index contributed by atoms with van der Waals surface area (Å²) in [6.45, 7) is 2.79. The van der Waals surface area contributed by atoms with E-state index in [1.807, 2.05) is 31.2 Å². The number of nitrogens with one attached hydrogen (secondary N) is 2. The van der Waals surface area contributed by atoms with Crippen molar-refractivity contribution in [3.63, 3.8) is 0 Å². The Hall–Kier alpha value is -3.02. The lowest BCUT2D eigenvalue weighted by Crippen LogP contribution is -2.22. The third kappa shape index (κ3) is 5.31. The van der Waals surface area contributed by atoms with E-state index in [1.165, 1.54) is 0 Å². The van der Waals surface area contributed by atoms with Gasteiger partial charge in [-0.1, -0.05) is 19.1 Å². The van der Waals surface area contributed by atoms with Gasteiger partial charge in [0.15, 0.2) is 0 Å². The van der Waals surface area contributed by atoms with E-state index in [9.17, 15) is 9.59 Å². The number of nitrogens with two attached hydrogens (primary N) is 1. The van der Waals surface area contributed by atoms with Gasteiger partial charge in [-0.25, -0.2) is 0 Å². The molecule has 0 spiro atoms. The maximum absolute atomic E-state index is 12.0. The van der Waals surface area contributed by atoms with Crippen molar-refractivity contribution in [2.45, 2.75) is 13.3 Å². The second-order valence-electron chi connectivity index (χ2n) is 5.22. The topological polar surface area (TPSA) is 93.4 Å². The number of anilines is 2. The smallest absolute Gasteiger partial charge is 0.248 e. The van der Waals surface area contributed by atoms with Gasteiger partial charge in [-0.3, -0.25) is 9.59 Å². The van der Waals surface area contributed by atoms with E-state index < -0.39 is 5.91 Å². The lowest BCUT2D eigenvalue weighted by Gasteiger charge is -2.10. The third-order valence-corrected chi connectivity index (χ3v) is 3.19. The number of benzene rings is 2. The molecule has 0 atom stereocenters. The fourth-order valence-electron chi connectivity index (χ4n) is 2.05. The molecule has 0 aromatic heterocycles. The van der Waals surface area contributed by atoms with Crippen LogP contribution >= 0.6 is 0 Å². The molecule has 2 amide bonds. The summed E-state index contributed by atoms with van der Waals surface area (Å²) in [6.07, 6.45) is 0.935. The van der Waals surface area contributed by atoms with E-state index in [-0.39, 0.29) is 12.5 Å². The first-order valence-corrected chi connectivity index (χ1v) is 7.75. The Bertz CT molecular complexity index is 716. The van der Waals surface area contributed by atoms with Crippen molar-refractivity contribution < 1.29 is 14.3 Å². The molecule has 2 aromatic rings. The van der Waals surface area contributed by atoms with Crippen molar-refractivity contribution in [3.8, 4) is 5.75 Å². The predicted molar refractivity (Wildman–Crippen MR) is 94.3 cm³/mol. The number of amides is 2. The molecule has 0 aliphatic rings. The summed E-state index contributed by atoms with van der Waals surface area (Å²) in [5, 5.41) is 5.75. The molecule has 0 radical (unpaired) electrons. The Morgan fingerprint density at radius 1 is 1.08 bits per heavy atom. The molecule has 2 rings (SSSR count). The second-order valence-corrected chi connectivity index (χ2v) is 5.22. The van der Waals surface area contributed by atoms with Gasteiger partial charge in [0.2, 0.25) is 11.8 Å². The number of primary amides is 1. The van der Waals surface area contributed by atoms with Crippen molar-refractivity contribution in [1.82, 2.24) is 0 Å². The highest BCUT2D eigenvalue weighted by Crippen LogP contribution is 2.17. The van der Waals surface area contributed by atoms with Crippen LogP contribution in [-0.2, 0) is 4.79 Å². The van der Waals surface area contributed by atoms with Crippen molar-refractivity contribution in [3.05, 3.63) is 54.1 Å². The molecule has 126 valence electrons. The maximum atomic E-state index is 12.0. The van der Waals surface area contributed by atoms with Crippen LogP contribution in [0.4, 0.5) is 11.4 Å². The van der Waals surface area contributed by atoms with Gasteiger partial charge in [-0.05, 0) is 36.8 Å². The van der Waals surface area contributed by atoms with Crippen molar-refractivity contribution in [2.75, 3.05) is 23.8 Å². The standard InChI is InChI=1S/C18H21N3O3/c1-2-9-24-16-8-4-6-14(11-16)20-12-17(22)21-15-7-3-5-13(10-15)18(19)23/h3-8,10-11,20H,2,9,12H2,1H3,(H2,19,23)(H,21,22). The summed E-state index contributed by atoms with van der Waals surface area (Å²) in [5.41, 5.74) is 6.89. The lowest BCUT2D eigenvalue weighted by atomic mass is 10.2.